The van der Waals surface area contributed by atoms with Gasteiger partial charge in [-0.25, -0.2) is 4.98 Å². The van der Waals surface area contributed by atoms with Gasteiger partial charge in [-0.2, -0.15) is 0 Å². The Kier molecular flexibility index (Phi) is 1.73. The third-order valence-electron chi connectivity index (χ3n) is 1.97. The highest BCUT2D eigenvalue weighted by Gasteiger charge is 2.04. The summed E-state index contributed by atoms with van der Waals surface area (Å²) in [6.45, 7) is 0. The Labute approximate surface area is 75.5 Å². The summed E-state index contributed by atoms with van der Waals surface area (Å²) in [4.78, 5) is 11.1. The number of aromatic nitrogens is 2. The Balaban J connectivity index is 2.75. The Morgan fingerprint density at radius 2 is 2.38 bits per heavy atom. The molecule has 0 amide bonds. The molecule has 0 aliphatic heterocycles. The number of benzene rings is 1. The number of hydrogen-bond acceptors (Lipinski definition) is 2. The average Bonchev–Trinajstić information content (AvgIpc) is 2.63. The first-order chi connectivity index (χ1) is 6.33. The summed E-state index contributed by atoms with van der Waals surface area (Å²) >= 11 is 0. The quantitative estimate of drug-likeness (QED) is 0.498. The van der Waals surface area contributed by atoms with E-state index in [0.29, 0.717) is 5.84 Å². The maximum absolute atomic E-state index is 5.72. The second-order valence-corrected chi connectivity index (χ2v) is 2.71. The van der Waals surface area contributed by atoms with Gasteiger partial charge in [-0.05, 0) is 12.1 Å². The monoisotopic (exact) mass is 174 g/mol. The lowest BCUT2D eigenvalue weighted by molar-refractivity contribution is 1.34. The molecule has 4 heteroatoms. The van der Waals surface area contributed by atoms with Crippen LogP contribution in [0.3, 0.4) is 0 Å². The van der Waals surface area contributed by atoms with Gasteiger partial charge in [0, 0.05) is 12.6 Å². The van der Waals surface area contributed by atoms with E-state index in [4.69, 9.17) is 5.73 Å². The zero-order valence-corrected chi connectivity index (χ0v) is 7.28. The molecule has 0 radical (unpaired) electrons. The molecule has 0 aliphatic carbocycles. The van der Waals surface area contributed by atoms with Crippen molar-refractivity contribution in [1.82, 2.24) is 9.97 Å². The summed E-state index contributed by atoms with van der Waals surface area (Å²) in [5, 5.41) is 0. The van der Waals surface area contributed by atoms with Gasteiger partial charge in [-0.3, -0.25) is 4.99 Å². The summed E-state index contributed by atoms with van der Waals surface area (Å²) < 4.78 is 0. The predicted octanol–water partition coefficient (Wildman–Crippen LogP) is 0.898. The third-order valence-corrected chi connectivity index (χ3v) is 1.97. The molecular formula is C9H10N4. The fourth-order valence-electron chi connectivity index (χ4n) is 1.29. The van der Waals surface area contributed by atoms with Crippen molar-refractivity contribution in [3.8, 4) is 0 Å². The van der Waals surface area contributed by atoms with Gasteiger partial charge < -0.3 is 10.7 Å². The van der Waals surface area contributed by atoms with Gasteiger partial charge in [0.15, 0.2) is 0 Å². The minimum absolute atomic E-state index is 0.512. The van der Waals surface area contributed by atoms with Crippen LogP contribution in [0.15, 0.2) is 29.5 Å². The zero-order chi connectivity index (χ0) is 9.26. The molecule has 0 spiro atoms. The van der Waals surface area contributed by atoms with Gasteiger partial charge in [-0.15, -0.1) is 0 Å². The Morgan fingerprint density at radius 1 is 1.54 bits per heavy atom. The van der Waals surface area contributed by atoms with Crippen molar-refractivity contribution in [2.45, 2.75) is 0 Å². The first kappa shape index (κ1) is 7.79. The molecule has 0 aliphatic rings. The number of amidine groups is 1. The average molecular weight is 174 g/mol. The van der Waals surface area contributed by atoms with Gasteiger partial charge in [0.25, 0.3) is 0 Å². The highest BCUT2D eigenvalue weighted by Crippen LogP contribution is 2.13. The topological polar surface area (TPSA) is 67.1 Å². The van der Waals surface area contributed by atoms with Crippen LogP contribution >= 0.6 is 0 Å². The zero-order valence-electron chi connectivity index (χ0n) is 7.28. The number of nitrogens with two attached hydrogens (primary N) is 1. The third kappa shape index (κ3) is 1.16. The van der Waals surface area contributed by atoms with Crippen LogP contribution in [-0.4, -0.2) is 22.9 Å². The first-order valence-electron chi connectivity index (χ1n) is 3.97. The molecule has 13 heavy (non-hydrogen) atoms. The maximum atomic E-state index is 5.72. The van der Waals surface area contributed by atoms with Crippen molar-refractivity contribution in [3.05, 3.63) is 30.1 Å². The van der Waals surface area contributed by atoms with Gasteiger partial charge in [0.05, 0.1) is 17.4 Å². The summed E-state index contributed by atoms with van der Waals surface area (Å²) in [6, 6.07) is 5.79. The van der Waals surface area contributed by atoms with Crippen molar-refractivity contribution in [1.29, 1.82) is 0 Å². The van der Waals surface area contributed by atoms with E-state index < -0.39 is 0 Å². The fraction of sp³-hybridized carbons (Fsp3) is 0.111. The van der Waals surface area contributed by atoms with E-state index in [0.717, 1.165) is 16.6 Å². The summed E-state index contributed by atoms with van der Waals surface area (Å²) in [6.07, 6.45) is 1.65. The second kappa shape index (κ2) is 2.90. The summed E-state index contributed by atoms with van der Waals surface area (Å²) in [5.41, 5.74) is 8.43. The second-order valence-electron chi connectivity index (χ2n) is 2.71. The number of H-pyrrole nitrogens is 1. The molecule has 1 heterocycles. The predicted molar refractivity (Wildman–Crippen MR) is 52.7 cm³/mol. The van der Waals surface area contributed by atoms with Crippen LogP contribution in [0.1, 0.15) is 5.56 Å². The SMILES string of the molecule is CN=C(N)c1cccc2[nH]cnc12. The van der Waals surface area contributed by atoms with Gasteiger partial charge in [-0.1, -0.05) is 6.07 Å². The minimum Gasteiger partial charge on any atom is -0.383 e. The number of aliphatic imine (C=N–C) groups is 1. The smallest absolute Gasteiger partial charge is 0.127 e. The van der Waals surface area contributed by atoms with E-state index >= 15 is 0 Å². The van der Waals surface area contributed by atoms with Crippen molar-refractivity contribution in [2.75, 3.05) is 7.05 Å². The van der Waals surface area contributed by atoms with Gasteiger partial charge in [0.1, 0.15) is 5.84 Å². The molecule has 0 atom stereocenters. The number of aromatic amines is 1. The van der Waals surface area contributed by atoms with E-state index in [1.807, 2.05) is 18.2 Å². The summed E-state index contributed by atoms with van der Waals surface area (Å²) in [5.74, 6) is 0.512. The van der Waals surface area contributed by atoms with Crippen molar-refractivity contribution < 1.29 is 0 Å². The lowest BCUT2D eigenvalue weighted by Gasteiger charge is -1.99. The lowest BCUT2D eigenvalue weighted by Crippen LogP contribution is -2.13. The Morgan fingerprint density at radius 3 is 3.15 bits per heavy atom. The molecule has 1 aromatic carbocycles. The van der Waals surface area contributed by atoms with E-state index in [1.54, 1.807) is 13.4 Å². The number of para-hydroxylation sites is 1. The molecule has 0 saturated carbocycles. The van der Waals surface area contributed by atoms with Crippen LogP contribution < -0.4 is 5.73 Å². The molecule has 66 valence electrons. The number of nitrogens with zero attached hydrogens (tertiary/aromatic N) is 2. The number of rotatable bonds is 1. The van der Waals surface area contributed by atoms with Crippen molar-refractivity contribution in [3.63, 3.8) is 0 Å². The normalized spacial score (nSPS) is 12.2. The van der Waals surface area contributed by atoms with Crippen LogP contribution in [0, 0.1) is 0 Å². The number of fused-ring (bicyclic) bond motifs is 1. The first-order valence-corrected chi connectivity index (χ1v) is 3.97. The van der Waals surface area contributed by atoms with Crippen LogP contribution in [0.5, 0.6) is 0 Å². The molecule has 2 aromatic rings. The van der Waals surface area contributed by atoms with Crippen molar-refractivity contribution >= 4 is 16.9 Å². The fourth-order valence-corrected chi connectivity index (χ4v) is 1.29. The Hall–Kier alpha value is -1.84. The highest BCUT2D eigenvalue weighted by atomic mass is 14.9. The minimum atomic E-state index is 0.512. The number of imidazole rings is 1. The van der Waals surface area contributed by atoms with Gasteiger partial charge in [0.2, 0.25) is 0 Å². The van der Waals surface area contributed by atoms with E-state index in [-0.39, 0.29) is 0 Å². The molecule has 0 unspecified atom stereocenters. The number of hydrogen-bond donors (Lipinski definition) is 2. The molecule has 4 nitrogen and oxygen atoms in total. The molecule has 1 aromatic heterocycles. The molecule has 0 bridgehead atoms. The largest absolute Gasteiger partial charge is 0.383 e. The van der Waals surface area contributed by atoms with Gasteiger partial charge >= 0.3 is 0 Å². The lowest BCUT2D eigenvalue weighted by atomic mass is 10.1. The van der Waals surface area contributed by atoms with E-state index in [9.17, 15) is 0 Å². The highest BCUT2D eigenvalue weighted by molar-refractivity contribution is 6.06. The molecule has 0 saturated heterocycles. The van der Waals surface area contributed by atoms with E-state index in [2.05, 4.69) is 15.0 Å². The van der Waals surface area contributed by atoms with Crippen LogP contribution in [0.2, 0.25) is 0 Å². The molecule has 0 fully saturated rings. The molecule has 3 N–H and O–H groups in total. The number of nitrogens with one attached hydrogen (secondary N) is 1. The van der Waals surface area contributed by atoms with Crippen LogP contribution in [0.25, 0.3) is 11.0 Å². The van der Waals surface area contributed by atoms with Crippen LogP contribution in [0.4, 0.5) is 0 Å². The van der Waals surface area contributed by atoms with Crippen LogP contribution in [-0.2, 0) is 0 Å². The Bertz CT molecular complexity index is 455. The van der Waals surface area contributed by atoms with E-state index in [1.165, 1.54) is 0 Å². The van der Waals surface area contributed by atoms with Crippen molar-refractivity contribution in [2.24, 2.45) is 10.7 Å². The molecule has 2 rings (SSSR count). The summed E-state index contributed by atoms with van der Waals surface area (Å²) in [7, 11) is 1.67. The molecular weight excluding hydrogens is 164 g/mol. The standard InChI is InChI=1S/C9H10N4/c1-11-9(10)6-3-2-4-7-8(6)13-5-12-7/h2-5H,1H3,(H2,10,11)(H,12,13). The maximum Gasteiger partial charge on any atom is 0.127 e.